The van der Waals surface area contributed by atoms with Crippen molar-refractivity contribution >= 4 is 22.8 Å². The Kier molecular flexibility index (Phi) is 6.13. The van der Waals surface area contributed by atoms with E-state index in [0.717, 1.165) is 18.9 Å². The van der Waals surface area contributed by atoms with Gasteiger partial charge in [-0.05, 0) is 56.2 Å². The van der Waals surface area contributed by atoms with Crippen molar-refractivity contribution in [1.82, 2.24) is 20.2 Å². The van der Waals surface area contributed by atoms with Crippen molar-refractivity contribution in [2.45, 2.75) is 44.9 Å². The fourth-order valence-electron chi connectivity index (χ4n) is 4.88. The Hall–Kier alpha value is -2.41. The van der Waals surface area contributed by atoms with Gasteiger partial charge in [0.1, 0.15) is 5.52 Å². The molecule has 0 unspecified atom stereocenters. The van der Waals surface area contributed by atoms with Crippen LogP contribution in [0.25, 0.3) is 11.0 Å². The molecule has 7 nitrogen and oxygen atoms in total. The van der Waals surface area contributed by atoms with Crippen molar-refractivity contribution < 1.29 is 9.59 Å². The normalized spacial score (nSPS) is 21.3. The van der Waals surface area contributed by atoms with Gasteiger partial charge in [-0.15, -0.1) is 0 Å². The van der Waals surface area contributed by atoms with E-state index in [2.05, 4.69) is 20.2 Å². The molecule has 0 radical (unpaired) electrons. The van der Waals surface area contributed by atoms with Gasteiger partial charge in [0.15, 0.2) is 5.82 Å². The minimum atomic E-state index is -0.632. The van der Waals surface area contributed by atoms with Gasteiger partial charge in [-0.1, -0.05) is 25.3 Å². The molecule has 1 aliphatic carbocycles. The first-order valence-electron chi connectivity index (χ1n) is 10.9. The fourth-order valence-corrected chi connectivity index (χ4v) is 4.88. The van der Waals surface area contributed by atoms with Crippen LogP contribution in [0.1, 0.15) is 65.9 Å². The molecular formula is C22H31N5O2. The number of amides is 2. The molecule has 4 rings (SSSR count). The number of rotatable bonds is 6. The molecule has 1 aliphatic heterocycles. The summed E-state index contributed by atoms with van der Waals surface area (Å²) in [5.41, 5.74) is 6.90. The van der Waals surface area contributed by atoms with E-state index < -0.39 is 5.91 Å². The highest BCUT2D eigenvalue weighted by molar-refractivity contribution is 6.06. The van der Waals surface area contributed by atoms with E-state index >= 15 is 0 Å². The molecule has 1 atom stereocenters. The predicted octanol–water partition coefficient (Wildman–Crippen LogP) is 2.68. The second kappa shape index (κ2) is 8.95. The van der Waals surface area contributed by atoms with Gasteiger partial charge in [-0.25, -0.2) is 4.98 Å². The number of nitrogens with one attached hydrogen (secondary N) is 2. The lowest BCUT2D eigenvalue weighted by atomic mass is 9.88. The molecule has 2 heterocycles. The van der Waals surface area contributed by atoms with E-state index in [-0.39, 0.29) is 11.7 Å². The summed E-state index contributed by atoms with van der Waals surface area (Å²) < 4.78 is 0. The summed E-state index contributed by atoms with van der Waals surface area (Å²) in [6.45, 7) is 4.13. The molecule has 7 heteroatoms. The van der Waals surface area contributed by atoms with Gasteiger partial charge in [0.25, 0.3) is 11.8 Å². The SMILES string of the molecule is NC(=O)c1nc2c(C(=O)NC[C@H]3CCCN(CC4CCCCC4)C3)cccc2[nH]1. The van der Waals surface area contributed by atoms with E-state index in [1.54, 1.807) is 18.2 Å². The Morgan fingerprint density at radius 3 is 2.72 bits per heavy atom. The summed E-state index contributed by atoms with van der Waals surface area (Å²) >= 11 is 0. The minimum Gasteiger partial charge on any atom is -0.363 e. The predicted molar refractivity (Wildman–Crippen MR) is 113 cm³/mol. The molecule has 0 spiro atoms. The second-order valence-corrected chi connectivity index (χ2v) is 8.63. The van der Waals surface area contributed by atoms with Crippen molar-refractivity contribution in [3.8, 4) is 0 Å². The van der Waals surface area contributed by atoms with Crippen molar-refractivity contribution in [3.05, 3.63) is 29.6 Å². The van der Waals surface area contributed by atoms with Crippen LogP contribution in [0.5, 0.6) is 0 Å². The number of likely N-dealkylation sites (tertiary alicyclic amines) is 1. The molecule has 2 fully saturated rings. The maximum atomic E-state index is 12.8. The number of benzene rings is 1. The van der Waals surface area contributed by atoms with E-state index in [9.17, 15) is 9.59 Å². The van der Waals surface area contributed by atoms with Crippen LogP contribution in [0.2, 0.25) is 0 Å². The first kappa shape index (κ1) is 19.9. The number of nitrogens with two attached hydrogens (primary N) is 1. The van der Waals surface area contributed by atoms with Gasteiger partial charge in [0.05, 0.1) is 11.1 Å². The van der Waals surface area contributed by atoms with Gasteiger partial charge in [-0.2, -0.15) is 0 Å². The zero-order valence-electron chi connectivity index (χ0n) is 17.0. The topological polar surface area (TPSA) is 104 Å². The van der Waals surface area contributed by atoms with E-state index in [4.69, 9.17) is 5.73 Å². The zero-order valence-corrected chi connectivity index (χ0v) is 17.0. The number of fused-ring (bicyclic) bond motifs is 1. The smallest absolute Gasteiger partial charge is 0.284 e. The zero-order chi connectivity index (χ0) is 20.2. The number of primary amides is 1. The molecule has 1 saturated carbocycles. The number of aromatic amines is 1. The first-order valence-corrected chi connectivity index (χ1v) is 10.9. The number of imidazole rings is 1. The molecule has 156 valence electrons. The van der Waals surface area contributed by atoms with Gasteiger partial charge < -0.3 is 20.9 Å². The molecule has 1 saturated heterocycles. The third-order valence-corrected chi connectivity index (χ3v) is 6.39. The average Bonchev–Trinajstić information content (AvgIpc) is 3.18. The summed E-state index contributed by atoms with van der Waals surface area (Å²) in [5, 5.41) is 3.09. The number of carbonyl (C=O) groups is 2. The van der Waals surface area contributed by atoms with Gasteiger partial charge >= 0.3 is 0 Å². The van der Waals surface area contributed by atoms with E-state index in [0.29, 0.717) is 29.1 Å². The average molecular weight is 398 g/mol. The largest absolute Gasteiger partial charge is 0.363 e. The molecule has 29 heavy (non-hydrogen) atoms. The van der Waals surface area contributed by atoms with Crippen LogP contribution in [0.3, 0.4) is 0 Å². The van der Waals surface area contributed by atoms with Crippen LogP contribution in [0.4, 0.5) is 0 Å². The van der Waals surface area contributed by atoms with Crippen LogP contribution in [0, 0.1) is 11.8 Å². The number of H-pyrrole nitrogens is 1. The van der Waals surface area contributed by atoms with Crippen LogP contribution in [-0.4, -0.2) is 52.9 Å². The number of hydrogen-bond donors (Lipinski definition) is 3. The Morgan fingerprint density at radius 1 is 1.14 bits per heavy atom. The summed E-state index contributed by atoms with van der Waals surface area (Å²) in [5.74, 6) is 0.630. The van der Waals surface area contributed by atoms with Crippen LogP contribution < -0.4 is 11.1 Å². The molecule has 1 aromatic carbocycles. The Bertz CT molecular complexity index is 871. The van der Waals surface area contributed by atoms with Crippen LogP contribution >= 0.6 is 0 Å². The van der Waals surface area contributed by atoms with Gasteiger partial charge in [-0.3, -0.25) is 9.59 Å². The summed E-state index contributed by atoms with van der Waals surface area (Å²) in [4.78, 5) is 33.8. The lowest BCUT2D eigenvalue weighted by Gasteiger charge is -2.36. The molecule has 2 aliphatic rings. The number of hydrogen-bond acceptors (Lipinski definition) is 4. The lowest BCUT2D eigenvalue weighted by molar-refractivity contribution is 0.0923. The summed E-state index contributed by atoms with van der Waals surface area (Å²) in [6.07, 6.45) is 9.26. The van der Waals surface area contributed by atoms with Gasteiger partial charge in [0.2, 0.25) is 0 Å². The molecule has 4 N–H and O–H groups in total. The summed E-state index contributed by atoms with van der Waals surface area (Å²) in [7, 11) is 0. The van der Waals surface area contributed by atoms with Crippen molar-refractivity contribution in [3.63, 3.8) is 0 Å². The maximum absolute atomic E-state index is 12.8. The van der Waals surface area contributed by atoms with Gasteiger partial charge in [0, 0.05) is 19.6 Å². The van der Waals surface area contributed by atoms with Crippen LogP contribution in [-0.2, 0) is 0 Å². The Labute approximate surface area is 171 Å². The monoisotopic (exact) mass is 397 g/mol. The lowest BCUT2D eigenvalue weighted by Crippen LogP contribution is -2.43. The molecule has 2 aromatic rings. The van der Waals surface area contributed by atoms with E-state index in [1.165, 1.54) is 51.6 Å². The molecule has 0 bridgehead atoms. The third-order valence-electron chi connectivity index (χ3n) is 6.39. The highest BCUT2D eigenvalue weighted by atomic mass is 16.2. The third kappa shape index (κ3) is 4.78. The number of carbonyl (C=O) groups excluding carboxylic acids is 2. The number of piperidine rings is 1. The second-order valence-electron chi connectivity index (χ2n) is 8.63. The van der Waals surface area contributed by atoms with Crippen molar-refractivity contribution in [2.75, 3.05) is 26.2 Å². The Morgan fingerprint density at radius 2 is 1.93 bits per heavy atom. The molecule has 2 amide bonds. The number of aromatic nitrogens is 2. The van der Waals surface area contributed by atoms with Crippen molar-refractivity contribution in [1.29, 1.82) is 0 Å². The quantitative estimate of drug-likeness (QED) is 0.697. The molecular weight excluding hydrogens is 366 g/mol. The fraction of sp³-hybridized carbons (Fsp3) is 0.591. The van der Waals surface area contributed by atoms with Crippen LogP contribution in [0.15, 0.2) is 18.2 Å². The first-order chi connectivity index (χ1) is 14.1. The number of para-hydroxylation sites is 1. The molecule has 1 aromatic heterocycles. The minimum absolute atomic E-state index is 0.0749. The Balaban J connectivity index is 1.34. The standard InChI is InChI=1S/C22H31N5O2/c23-20(28)21-25-18-10-4-9-17(19(18)26-21)22(29)24-12-16-8-5-11-27(14-16)13-15-6-2-1-3-7-15/h4,9-10,15-16H,1-3,5-8,11-14H2,(H2,23,28)(H,24,29)(H,25,26)/t16-/m1/s1. The maximum Gasteiger partial charge on any atom is 0.284 e. The summed E-state index contributed by atoms with van der Waals surface area (Å²) in [6, 6.07) is 5.31. The van der Waals surface area contributed by atoms with E-state index in [1.807, 2.05) is 0 Å². The van der Waals surface area contributed by atoms with Crippen molar-refractivity contribution in [2.24, 2.45) is 17.6 Å². The highest BCUT2D eigenvalue weighted by Crippen LogP contribution is 2.26. The number of nitrogens with zero attached hydrogens (tertiary/aromatic N) is 2. The highest BCUT2D eigenvalue weighted by Gasteiger charge is 2.24.